The second-order valence-corrected chi connectivity index (χ2v) is 10.6. The van der Waals surface area contributed by atoms with Crippen LogP contribution in [0, 0.1) is 0 Å². The van der Waals surface area contributed by atoms with E-state index in [0.29, 0.717) is 60.2 Å². The van der Waals surface area contributed by atoms with Gasteiger partial charge in [-0.15, -0.1) is 0 Å². The predicted octanol–water partition coefficient (Wildman–Crippen LogP) is 12.6. The largest absolute Gasteiger partial charge is 0.455 e. The van der Waals surface area contributed by atoms with Crippen molar-refractivity contribution in [1.82, 2.24) is 0 Å². The van der Waals surface area contributed by atoms with Crippen LogP contribution in [0.2, 0.25) is 0 Å². The first-order valence-corrected chi connectivity index (χ1v) is 14.3. The van der Waals surface area contributed by atoms with Crippen LogP contribution in [0.1, 0.15) is 19.2 Å². The highest BCUT2D eigenvalue weighted by molar-refractivity contribution is 6.24. The Labute approximate surface area is 281 Å². The van der Waals surface area contributed by atoms with Gasteiger partial charge in [0.1, 0.15) is 11.2 Å². The fourth-order valence-corrected chi connectivity index (χ4v) is 6.26. The topological polar surface area (TPSA) is 13.1 Å². The SMILES string of the molecule is [2H]c1c([2H])c([2H])c(-c2c([2H])c([2H])c([2H])c(-c3c4ccccc4c(-c4cccc5c4oc4c(-c6c([2H])c([2H])c([2H])c([2H])c6[2H])cccc45)c4ccccc34)c2[2H])c([2H])c1[2H]. The Morgan fingerprint density at radius 3 is 1.44 bits per heavy atom. The molecule has 9 rings (SSSR count). The molecule has 0 spiro atoms. The Hall–Kier alpha value is -5.92. The molecule has 0 unspecified atom stereocenters. The van der Waals surface area contributed by atoms with Crippen molar-refractivity contribution in [1.29, 1.82) is 0 Å². The maximum absolute atomic E-state index is 9.55. The molecule has 0 N–H and O–H groups in total. The van der Waals surface area contributed by atoms with E-state index in [1.54, 1.807) is 24.3 Å². The average molecular weight is 587 g/mol. The summed E-state index contributed by atoms with van der Waals surface area (Å²) in [5.41, 5.74) is 2.10. The highest BCUT2D eigenvalue weighted by Crippen LogP contribution is 2.47. The molecule has 0 aliphatic rings. The average Bonchev–Trinajstić information content (AvgIpc) is 3.64. The molecule has 1 heteroatoms. The molecule has 1 heterocycles. The van der Waals surface area contributed by atoms with Crippen molar-refractivity contribution in [3.63, 3.8) is 0 Å². The van der Waals surface area contributed by atoms with Crippen molar-refractivity contribution in [2.75, 3.05) is 0 Å². The molecule has 45 heavy (non-hydrogen) atoms. The van der Waals surface area contributed by atoms with E-state index in [1.165, 1.54) is 0 Å². The van der Waals surface area contributed by atoms with E-state index in [-0.39, 0.29) is 28.8 Å². The van der Waals surface area contributed by atoms with Gasteiger partial charge in [-0.3, -0.25) is 0 Å². The summed E-state index contributed by atoms with van der Waals surface area (Å²) in [5, 5.41) is 3.85. The summed E-state index contributed by atoms with van der Waals surface area (Å²) in [5.74, 6) is 0. The van der Waals surface area contributed by atoms with Gasteiger partial charge in [-0.1, -0.05) is 163 Å². The Bertz CT molecular complexity index is 3220. The first-order valence-electron chi connectivity index (χ1n) is 21.3. The van der Waals surface area contributed by atoms with E-state index in [9.17, 15) is 2.74 Å². The molecule has 0 atom stereocenters. The summed E-state index contributed by atoms with van der Waals surface area (Å²) in [6.45, 7) is 0. The minimum absolute atomic E-state index is 0.00953. The van der Waals surface area contributed by atoms with E-state index in [0.717, 1.165) is 5.56 Å². The molecule has 0 saturated heterocycles. The second-order valence-electron chi connectivity index (χ2n) is 10.6. The maximum Gasteiger partial charge on any atom is 0.143 e. The third-order valence-electron chi connectivity index (χ3n) is 8.12. The molecule has 9 aromatic rings. The third kappa shape index (κ3) is 4.09. The highest BCUT2D eigenvalue weighted by atomic mass is 16.3. The molecule has 1 nitrogen and oxygen atoms in total. The number of fused-ring (bicyclic) bond motifs is 5. The monoisotopic (exact) mass is 586 g/mol. The normalized spacial score (nSPS) is 15.9. The smallest absolute Gasteiger partial charge is 0.143 e. The first-order chi connectivity index (χ1) is 28.2. The minimum atomic E-state index is -0.650. The molecule has 1 aromatic heterocycles. The van der Waals surface area contributed by atoms with Gasteiger partial charge in [-0.05, 0) is 55.4 Å². The lowest BCUT2D eigenvalue weighted by Crippen LogP contribution is -1.91. The number of hydrogen-bond donors (Lipinski definition) is 0. The molecule has 0 radical (unpaired) electrons. The summed E-state index contributed by atoms with van der Waals surface area (Å²) in [6.07, 6.45) is 0. The van der Waals surface area contributed by atoms with E-state index in [2.05, 4.69) is 0 Å². The van der Waals surface area contributed by atoms with E-state index in [1.807, 2.05) is 60.7 Å². The van der Waals surface area contributed by atoms with Crippen molar-refractivity contribution >= 4 is 43.5 Å². The summed E-state index contributed by atoms with van der Waals surface area (Å²) in [6, 6.07) is 18.2. The Morgan fingerprint density at radius 1 is 0.356 bits per heavy atom. The van der Waals surface area contributed by atoms with Crippen LogP contribution in [0.15, 0.2) is 174 Å². The van der Waals surface area contributed by atoms with Gasteiger partial charge in [0.25, 0.3) is 0 Å². The standard InChI is InChI=1S/C44H28O/c1-3-14-29(15-4-1)31-18-11-19-32(28-31)41-34-20-7-9-22-36(34)42(37-23-10-8-21-35(37)41)40-27-13-26-39-38-25-12-24-33(43(38)45-44(39)40)30-16-5-2-6-17-30/h1-28H/i1D,2D,3D,4D,5D,6D,11D,14D,15D,16D,17D,18D,19D,28D. The van der Waals surface area contributed by atoms with E-state index < -0.39 is 78.1 Å². The van der Waals surface area contributed by atoms with E-state index >= 15 is 0 Å². The molecule has 210 valence electrons. The minimum Gasteiger partial charge on any atom is -0.455 e. The van der Waals surface area contributed by atoms with Crippen LogP contribution < -0.4 is 0 Å². The number of furan rings is 1. The highest BCUT2D eigenvalue weighted by Gasteiger charge is 2.21. The zero-order chi connectivity index (χ0) is 41.9. The number of hydrogen-bond acceptors (Lipinski definition) is 1. The van der Waals surface area contributed by atoms with Crippen LogP contribution in [0.25, 0.3) is 88.0 Å². The lowest BCUT2D eigenvalue weighted by Gasteiger charge is -2.18. The molecule has 0 saturated carbocycles. The van der Waals surface area contributed by atoms with Crippen molar-refractivity contribution in [3.8, 4) is 44.5 Å². The maximum atomic E-state index is 9.55. The molecule has 0 amide bonds. The number of benzene rings is 8. The van der Waals surface area contributed by atoms with Crippen molar-refractivity contribution in [2.24, 2.45) is 0 Å². The summed E-state index contributed by atoms with van der Waals surface area (Å²) >= 11 is 0. The molecular formula is C44H28O. The van der Waals surface area contributed by atoms with Gasteiger partial charge in [0.15, 0.2) is 0 Å². The fourth-order valence-electron chi connectivity index (χ4n) is 6.26. The molecule has 0 aliphatic carbocycles. The van der Waals surface area contributed by atoms with Crippen LogP contribution >= 0.6 is 0 Å². The van der Waals surface area contributed by atoms with Gasteiger partial charge < -0.3 is 4.42 Å². The van der Waals surface area contributed by atoms with Crippen molar-refractivity contribution in [2.45, 2.75) is 0 Å². The van der Waals surface area contributed by atoms with Crippen LogP contribution in [0.3, 0.4) is 0 Å². The summed E-state index contributed by atoms with van der Waals surface area (Å²) in [4.78, 5) is 0. The van der Waals surface area contributed by atoms with Crippen LogP contribution in [-0.2, 0) is 0 Å². The lowest BCUT2D eigenvalue weighted by atomic mass is 9.85. The van der Waals surface area contributed by atoms with Crippen molar-refractivity contribution < 1.29 is 23.6 Å². The molecule has 0 fully saturated rings. The molecule has 0 bridgehead atoms. The Balaban J connectivity index is 1.38. The van der Waals surface area contributed by atoms with E-state index in [4.69, 9.17) is 20.9 Å². The fraction of sp³-hybridized carbons (Fsp3) is 0. The van der Waals surface area contributed by atoms with Crippen LogP contribution in [0.5, 0.6) is 0 Å². The van der Waals surface area contributed by atoms with Gasteiger partial charge in [-0.2, -0.15) is 0 Å². The molecular weight excluding hydrogens is 544 g/mol. The lowest BCUT2D eigenvalue weighted by molar-refractivity contribution is 0.671. The van der Waals surface area contributed by atoms with Gasteiger partial charge in [0.2, 0.25) is 0 Å². The zero-order valence-corrected chi connectivity index (χ0v) is 23.5. The van der Waals surface area contributed by atoms with Gasteiger partial charge >= 0.3 is 0 Å². The zero-order valence-electron chi connectivity index (χ0n) is 37.5. The Kier molecular flexibility index (Phi) is 3.50. The molecule has 0 aliphatic heterocycles. The van der Waals surface area contributed by atoms with Gasteiger partial charge in [0, 0.05) is 27.5 Å². The second kappa shape index (κ2) is 10.4. The Morgan fingerprint density at radius 2 is 0.822 bits per heavy atom. The van der Waals surface area contributed by atoms with Crippen LogP contribution in [0.4, 0.5) is 0 Å². The number of para-hydroxylation sites is 2. The third-order valence-corrected chi connectivity index (χ3v) is 8.12. The van der Waals surface area contributed by atoms with Crippen LogP contribution in [-0.4, -0.2) is 0 Å². The summed E-state index contributed by atoms with van der Waals surface area (Å²) < 4.78 is 127. The van der Waals surface area contributed by atoms with Gasteiger partial charge in [0.05, 0.1) is 19.2 Å². The van der Waals surface area contributed by atoms with Gasteiger partial charge in [-0.25, -0.2) is 0 Å². The quantitative estimate of drug-likeness (QED) is 0.187. The van der Waals surface area contributed by atoms with Crippen molar-refractivity contribution in [3.05, 3.63) is 170 Å². The first kappa shape index (κ1) is 15.2. The molecule has 8 aromatic carbocycles. The number of rotatable bonds is 4. The predicted molar refractivity (Wildman–Crippen MR) is 190 cm³/mol. The summed E-state index contributed by atoms with van der Waals surface area (Å²) in [7, 11) is 0.